The van der Waals surface area contributed by atoms with E-state index in [1.54, 1.807) is 7.11 Å². The first-order chi connectivity index (χ1) is 16.1. The van der Waals surface area contributed by atoms with E-state index < -0.39 is 0 Å². The fraction of sp³-hybridized carbons (Fsp3) is 0.360. The topological polar surface area (TPSA) is 107 Å². The van der Waals surface area contributed by atoms with E-state index in [1.807, 2.05) is 44.8 Å². The lowest BCUT2D eigenvalue weighted by molar-refractivity contribution is 0.393. The van der Waals surface area contributed by atoms with Crippen LogP contribution in [0.15, 0.2) is 22.9 Å². The van der Waals surface area contributed by atoms with Crippen molar-refractivity contribution in [1.82, 2.24) is 29.9 Å². The molecular formula is C25H29N7O2. The van der Waals surface area contributed by atoms with Gasteiger partial charge in [0.25, 0.3) is 0 Å². The summed E-state index contributed by atoms with van der Waals surface area (Å²) in [5.74, 6) is 2.86. The molecule has 4 aromatic heterocycles. The number of hydrogen-bond donors (Lipinski definition) is 2. The van der Waals surface area contributed by atoms with Gasteiger partial charge in [0.05, 0.1) is 35.1 Å². The predicted molar refractivity (Wildman–Crippen MR) is 133 cm³/mol. The molecule has 4 heterocycles. The van der Waals surface area contributed by atoms with E-state index in [1.165, 1.54) is 0 Å². The van der Waals surface area contributed by atoms with Crippen LogP contribution in [-0.2, 0) is 12.5 Å². The van der Waals surface area contributed by atoms with Crippen LogP contribution in [0.2, 0.25) is 0 Å². The summed E-state index contributed by atoms with van der Waals surface area (Å²) in [5.41, 5.74) is 6.11. The highest BCUT2D eigenvalue weighted by Gasteiger charge is 2.24. The molecule has 0 spiro atoms. The Balaban J connectivity index is 1.75. The first-order valence-electron chi connectivity index (χ1n) is 11.2. The molecule has 0 saturated carbocycles. The Morgan fingerprint density at radius 3 is 2.53 bits per heavy atom. The number of fused-ring (bicyclic) bond motifs is 3. The fourth-order valence-corrected chi connectivity index (χ4v) is 4.52. The maximum absolute atomic E-state index is 5.80. The van der Waals surface area contributed by atoms with Crippen molar-refractivity contribution in [1.29, 1.82) is 0 Å². The van der Waals surface area contributed by atoms with Crippen LogP contribution in [-0.4, -0.2) is 37.0 Å². The van der Waals surface area contributed by atoms with Crippen LogP contribution in [0.4, 0.5) is 11.5 Å². The molecule has 5 aromatic rings. The van der Waals surface area contributed by atoms with Gasteiger partial charge in [0, 0.05) is 35.1 Å². The lowest BCUT2D eigenvalue weighted by Gasteiger charge is -2.18. The first kappa shape index (κ1) is 21.9. The fourth-order valence-electron chi connectivity index (χ4n) is 4.52. The first-order valence-corrected chi connectivity index (χ1v) is 11.2. The molecule has 176 valence electrons. The third kappa shape index (κ3) is 3.48. The third-order valence-corrected chi connectivity index (χ3v) is 5.98. The molecule has 9 nitrogen and oxygen atoms in total. The summed E-state index contributed by atoms with van der Waals surface area (Å²) in [4.78, 5) is 12.9. The predicted octanol–water partition coefficient (Wildman–Crippen LogP) is 5.47. The van der Waals surface area contributed by atoms with Crippen LogP contribution in [0.25, 0.3) is 33.1 Å². The lowest BCUT2D eigenvalue weighted by Crippen LogP contribution is -2.14. The van der Waals surface area contributed by atoms with Crippen LogP contribution in [0, 0.1) is 20.8 Å². The Hall–Kier alpha value is -3.88. The van der Waals surface area contributed by atoms with Gasteiger partial charge in [-0.15, -0.1) is 0 Å². The lowest BCUT2D eigenvalue weighted by atomic mass is 9.91. The SMILES string of the molecule is COc1cc2c(cc1-c1c(C)noc1C)[nH]c1nc(C)nc(Nc3cn(C)nc3C(C)(C)C)c12. The van der Waals surface area contributed by atoms with Crippen molar-refractivity contribution < 1.29 is 9.26 Å². The van der Waals surface area contributed by atoms with E-state index in [0.717, 1.165) is 67.5 Å². The summed E-state index contributed by atoms with van der Waals surface area (Å²) in [6.07, 6.45) is 1.98. The van der Waals surface area contributed by atoms with Crippen LogP contribution in [0.5, 0.6) is 5.75 Å². The zero-order valence-corrected chi connectivity index (χ0v) is 20.8. The molecule has 0 aliphatic heterocycles. The third-order valence-electron chi connectivity index (χ3n) is 5.98. The van der Waals surface area contributed by atoms with Crippen molar-refractivity contribution in [2.45, 2.75) is 47.0 Å². The van der Waals surface area contributed by atoms with Gasteiger partial charge in [0.1, 0.15) is 28.8 Å². The van der Waals surface area contributed by atoms with Crippen LogP contribution in [0.3, 0.4) is 0 Å². The van der Waals surface area contributed by atoms with Crippen molar-refractivity contribution in [2.75, 3.05) is 12.4 Å². The maximum atomic E-state index is 5.80. The number of hydrogen-bond acceptors (Lipinski definition) is 7. The standard InChI is InChI=1S/C25H29N7O2/c1-12-20(13(2)34-31-12)16-9-17-15(10-19(16)33-8)21-23(28-17)26-14(3)27-24(21)29-18-11-32(7)30-22(18)25(4,5)6/h9-11H,1-8H3,(H2,26,27,28,29). The number of anilines is 2. The number of rotatable bonds is 4. The molecule has 34 heavy (non-hydrogen) atoms. The molecule has 0 atom stereocenters. The van der Waals surface area contributed by atoms with Gasteiger partial charge >= 0.3 is 0 Å². The molecule has 5 rings (SSSR count). The molecule has 0 fully saturated rings. The number of aryl methyl sites for hydroxylation is 4. The quantitative estimate of drug-likeness (QED) is 0.367. The molecule has 0 aliphatic carbocycles. The van der Waals surface area contributed by atoms with E-state index in [9.17, 15) is 0 Å². The summed E-state index contributed by atoms with van der Waals surface area (Å²) in [5, 5.41) is 14.2. The molecule has 1 aromatic carbocycles. The minimum absolute atomic E-state index is 0.128. The van der Waals surface area contributed by atoms with Crippen molar-refractivity contribution in [3.8, 4) is 16.9 Å². The highest BCUT2D eigenvalue weighted by molar-refractivity contribution is 6.13. The highest BCUT2D eigenvalue weighted by Crippen LogP contribution is 2.41. The number of ether oxygens (including phenoxy) is 1. The summed E-state index contributed by atoms with van der Waals surface area (Å²) >= 11 is 0. The van der Waals surface area contributed by atoms with E-state index in [2.05, 4.69) is 52.4 Å². The van der Waals surface area contributed by atoms with Crippen LogP contribution < -0.4 is 10.1 Å². The Kier molecular flexibility index (Phi) is 4.89. The van der Waals surface area contributed by atoms with E-state index in [4.69, 9.17) is 14.2 Å². The number of benzene rings is 1. The van der Waals surface area contributed by atoms with Gasteiger partial charge in [-0.2, -0.15) is 5.10 Å². The Morgan fingerprint density at radius 2 is 1.88 bits per heavy atom. The van der Waals surface area contributed by atoms with Gasteiger partial charge in [0.2, 0.25) is 0 Å². The second-order valence-electron chi connectivity index (χ2n) is 9.71. The molecule has 0 saturated heterocycles. The molecule has 0 unspecified atom stereocenters. The highest BCUT2D eigenvalue weighted by atomic mass is 16.5. The van der Waals surface area contributed by atoms with Gasteiger partial charge in [-0.3, -0.25) is 4.68 Å². The number of H-pyrrole nitrogens is 1. The number of methoxy groups -OCH3 is 1. The Labute approximate surface area is 197 Å². The van der Waals surface area contributed by atoms with Crippen LogP contribution >= 0.6 is 0 Å². The average molecular weight is 460 g/mol. The second-order valence-corrected chi connectivity index (χ2v) is 9.71. The van der Waals surface area contributed by atoms with Crippen molar-refractivity contribution >= 4 is 33.4 Å². The molecule has 0 aliphatic rings. The molecule has 0 bridgehead atoms. The van der Waals surface area contributed by atoms with Gasteiger partial charge in [-0.1, -0.05) is 25.9 Å². The molecular weight excluding hydrogens is 430 g/mol. The van der Waals surface area contributed by atoms with E-state index in [-0.39, 0.29) is 5.41 Å². The summed E-state index contributed by atoms with van der Waals surface area (Å²) < 4.78 is 13.0. The summed E-state index contributed by atoms with van der Waals surface area (Å²) in [7, 11) is 3.59. The Bertz CT molecular complexity index is 1530. The number of nitrogens with one attached hydrogen (secondary N) is 2. The average Bonchev–Trinajstić information content (AvgIpc) is 3.40. The zero-order valence-electron chi connectivity index (χ0n) is 20.8. The number of aromatic nitrogens is 6. The minimum atomic E-state index is -0.128. The van der Waals surface area contributed by atoms with Gasteiger partial charge < -0.3 is 19.6 Å². The van der Waals surface area contributed by atoms with Crippen molar-refractivity contribution in [3.05, 3.63) is 41.3 Å². The van der Waals surface area contributed by atoms with Crippen molar-refractivity contribution in [3.63, 3.8) is 0 Å². The number of nitrogens with zero attached hydrogens (tertiary/aromatic N) is 5. The van der Waals surface area contributed by atoms with Gasteiger partial charge in [-0.05, 0) is 32.9 Å². The molecule has 2 N–H and O–H groups in total. The van der Waals surface area contributed by atoms with E-state index >= 15 is 0 Å². The minimum Gasteiger partial charge on any atom is -0.496 e. The van der Waals surface area contributed by atoms with Gasteiger partial charge in [-0.25, -0.2) is 9.97 Å². The Morgan fingerprint density at radius 1 is 1.12 bits per heavy atom. The monoisotopic (exact) mass is 459 g/mol. The second kappa shape index (κ2) is 7.58. The molecule has 0 radical (unpaired) electrons. The summed E-state index contributed by atoms with van der Waals surface area (Å²) in [6, 6.07) is 4.08. The summed E-state index contributed by atoms with van der Waals surface area (Å²) in [6.45, 7) is 12.2. The van der Waals surface area contributed by atoms with Gasteiger partial charge in [0.15, 0.2) is 0 Å². The molecule has 0 amide bonds. The number of aromatic amines is 1. The maximum Gasteiger partial charge on any atom is 0.144 e. The largest absolute Gasteiger partial charge is 0.496 e. The zero-order chi connectivity index (χ0) is 24.4. The van der Waals surface area contributed by atoms with Crippen molar-refractivity contribution in [2.24, 2.45) is 7.05 Å². The molecule has 9 heteroatoms. The van der Waals surface area contributed by atoms with E-state index in [0.29, 0.717) is 5.82 Å². The normalized spacial score (nSPS) is 12.1. The smallest absolute Gasteiger partial charge is 0.144 e. The van der Waals surface area contributed by atoms with Crippen LogP contribution in [0.1, 0.15) is 43.7 Å².